The first-order valence-corrected chi connectivity index (χ1v) is 7.81. The summed E-state index contributed by atoms with van der Waals surface area (Å²) in [5, 5.41) is 0. The van der Waals surface area contributed by atoms with Crippen molar-refractivity contribution in [1.82, 2.24) is 9.71 Å². The van der Waals surface area contributed by atoms with Gasteiger partial charge in [-0.3, -0.25) is 0 Å². The van der Waals surface area contributed by atoms with Gasteiger partial charge in [0.15, 0.2) is 7.98 Å². The molecule has 2 nitrogen and oxygen atoms in total. The molecule has 0 spiro atoms. The van der Waals surface area contributed by atoms with E-state index in [1.807, 2.05) is 4.81 Å². The fourth-order valence-corrected chi connectivity index (χ4v) is 2.81. The molecular weight excluding hydrogens is 219 g/mol. The Bertz CT molecular complexity index is 215. The third-order valence-electron chi connectivity index (χ3n) is 4.50. The van der Waals surface area contributed by atoms with Crippen molar-refractivity contribution in [2.45, 2.75) is 59.3 Å². The van der Waals surface area contributed by atoms with Crippen LogP contribution in [0.25, 0.3) is 0 Å². The molecule has 1 aliphatic heterocycles. The minimum atomic E-state index is 0.504. The van der Waals surface area contributed by atoms with Gasteiger partial charge in [-0.25, -0.2) is 0 Å². The smallest absolute Gasteiger partial charge is 0.182 e. The molecule has 0 aliphatic carbocycles. The summed E-state index contributed by atoms with van der Waals surface area (Å²) in [7, 11) is 5.81. The number of rotatable bonds is 8. The van der Waals surface area contributed by atoms with Crippen molar-refractivity contribution < 1.29 is 0 Å². The molecule has 2 radical (unpaired) electrons. The summed E-state index contributed by atoms with van der Waals surface area (Å²) in [5.41, 5.74) is 0.504. The molecule has 1 rings (SSSR count). The van der Waals surface area contributed by atoms with E-state index in [2.05, 4.69) is 25.7 Å². The molecule has 0 N–H and O–H groups in total. The zero-order valence-corrected chi connectivity index (χ0v) is 12.7. The van der Waals surface area contributed by atoms with E-state index in [1.165, 1.54) is 45.1 Å². The lowest BCUT2D eigenvalue weighted by molar-refractivity contribution is 0.112. The normalized spacial score (nSPS) is 21.9. The zero-order chi connectivity index (χ0) is 13.4. The number of nitrogens with zero attached hydrogens (tertiary/aromatic N) is 2. The van der Waals surface area contributed by atoms with Gasteiger partial charge < -0.3 is 9.71 Å². The quantitative estimate of drug-likeness (QED) is 0.482. The maximum absolute atomic E-state index is 5.81. The van der Waals surface area contributed by atoms with E-state index in [0.29, 0.717) is 5.41 Å². The number of unbranched alkanes of at least 4 members (excludes halogenated alkanes) is 3. The highest BCUT2D eigenvalue weighted by atomic mass is 15.2. The molecule has 1 heterocycles. The standard InChI is InChI=1S/C15H31BN2/c1-4-6-7-8-9-15(3,5-2)14-17-10-12-18(16)13-11-17/h4-14H2,1-3H3. The van der Waals surface area contributed by atoms with Gasteiger partial charge in [0.2, 0.25) is 0 Å². The molecule has 0 saturated carbocycles. The van der Waals surface area contributed by atoms with Crippen LogP contribution < -0.4 is 0 Å². The van der Waals surface area contributed by atoms with Gasteiger partial charge in [0.25, 0.3) is 0 Å². The second-order valence-corrected chi connectivity index (χ2v) is 6.29. The van der Waals surface area contributed by atoms with Crippen LogP contribution >= 0.6 is 0 Å². The van der Waals surface area contributed by atoms with Crippen molar-refractivity contribution >= 4 is 7.98 Å². The second kappa shape index (κ2) is 8.21. The van der Waals surface area contributed by atoms with Crippen LogP contribution in [0.4, 0.5) is 0 Å². The van der Waals surface area contributed by atoms with Gasteiger partial charge in [-0.15, -0.1) is 0 Å². The molecule has 0 aromatic heterocycles. The lowest BCUT2D eigenvalue weighted by atomic mass is 9.81. The van der Waals surface area contributed by atoms with Crippen molar-refractivity contribution in [2.75, 3.05) is 32.7 Å². The monoisotopic (exact) mass is 250 g/mol. The van der Waals surface area contributed by atoms with Gasteiger partial charge in [0, 0.05) is 19.6 Å². The van der Waals surface area contributed by atoms with Gasteiger partial charge >= 0.3 is 0 Å². The molecule has 0 amide bonds. The predicted molar refractivity (Wildman–Crippen MR) is 80.9 cm³/mol. The highest BCUT2D eigenvalue weighted by molar-refractivity contribution is 6.04. The largest absolute Gasteiger partial charge is 0.351 e. The maximum Gasteiger partial charge on any atom is 0.182 e. The van der Waals surface area contributed by atoms with Crippen LogP contribution in [0.15, 0.2) is 0 Å². The van der Waals surface area contributed by atoms with Crippen molar-refractivity contribution in [1.29, 1.82) is 0 Å². The minimum Gasteiger partial charge on any atom is -0.351 e. The van der Waals surface area contributed by atoms with Gasteiger partial charge in [-0.1, -0.05) is 46.5 Å². The molecule has 0 bridgehead atoms. The lowest BCUT2D eigenvalue weighted by Crippen LogP contribution is -2.48. The summed E-state index contributed by atoms with van der Waals surface area (Å²) in [6, 6.07) is 0. The molecule has 1 aliphatic rings. The Morgan fingerprint density at radius 1 is 1.00 bits per heavy atom. The summed E-state index contributed by atoms with van der Waals surface area (Å²) >= 11 is 0. The minimum absolute atomic E-state index is 0.504. The fraction of sp³-hybridized carbons (Fsp3) is 1.00. The third-order valence-corrected chi connectivity index (χ3v) is 4.50. The van der Waals surface area contributed by atoms with Crippen LogP contribution in [0.2, 0.25) is 0 Å². The van der Waals surface area contributed by atoms with Crippen LogP contribution in [0.1, 0.15) is 59.3 Å². The lowest BCUT2D eigenvalue weighted by Gasteiger charge is -2.39. The van der Waals surface area contributed by atoms with E-state index in [9.17, 15) is 0 Å². The molecule has 0 aromatic rings. The van der Waals surface area contributed by atoms with Crippen molar-refractivity contribution in [3.8, 4) is 0 Å². The predicted octanol–water partition coefficient (Wildman–Crippen LogP) is 3.07. The van der Waals surface area contributed by atoms with Crippen molar-refractivity contribution in [3.05, 3.63) is 0 Å². The number of piperazine rings is 1. The van der Waals surface area contributed by atoms with Crippen LogP contribution in [0.5, 0.6) is 0 Å². The summed E-state index contributed by atoms with van der Waals surface area (Å²) in [4.78, 5) is 4.55. The average Bonchev–Trinajstić information content (AvgIpc) is 2.38. The van der Waals surface area contributed by atoms with E-state index < -0.39 is 0 Å². The number of hydrogen-bond acceptors (Lipinski definition) is 2. The first kappa shape index (κ1) is 16.0. The Balaban J connectivity index is 2.29. The average molecular weight is 250 g/mol. The molecule has 3 heteroatoms. The van der Waals surface area contributed by atoms with E-state index in [-0.39, 0.29) is 0 Å². The highest BCUT2D eigenvalue weighted by Gasteiger charge is 2.26. The van der Waals surface area contributed by atoms with Crippen LogP contribution in [-0.2, 0) is 0 Å². The maximum atomic E-state index is 5.81. The molecular formula is C15H31BN2. The molecule has 18 heavy (non-hydrogen) atoms. The molecule has 1 fully saturated rings. The Labute approximate surface area is 116 Å². The van der Waals surface area contributed by atoms with Crippen molar-refractivity contribution in [3.63, 3.8) is 0 Å². The number of hydrogen-bond donors (Lipinski definition) is 0. The van der Waals surface area contributed by atoms with Crippen LogP contribution in [-0.4, -0.2) is 50.4 Å². The zero-order valence-electron chi connectivity index (χ0n) is 12.7. The fourth-order valence-electron chi connectivity index (χ4n) is 2.81. The first-order valence-electron chi connectivity index (χ1n) is 7.81. The summed E-state index contributed by atoms with van der Waals surface area (Å²) in [6.45, 7) is 12.7. The molecule has 1 unspecified atom stereocenters. The Kier molecular flexibility index (Phi) is 7.32. The van der Waals surface area contributed by atoms with Gasteiger partial charge in [-0.2, -0.15) is 0 Å². The molecule has 0 aromatic carbocycles. The Morgan fingerprint density at radius 3 is 2.22 bits per heavy atom. The Hall–Kier alpha value is -0.0151. The van der Waals surface area contributed by atoms with Gasteiger partial charge in [0.05, 0.1) is 0 Å². The SMILES string of the molecule is [B]N1CCN(CC(C)(CC)CCCCCC)CC1. The highest BCUT2D eigenvalue weighted by Crippen LogP contribution is 2.30. The third kappa shape index (κ3) is 5.75. The van der Waals surface area contributed by atoms with E-state index >= 15 is 0 Å². The molecule has 1 atom stereocenters. The summed E-state index contributed by atoms with van der Waals surface area (Å²) < 4.78 is 0. The topological polar surface area (TPSA) is 6.48 Å². The van der Waals surface area contributed by atoms with Crippen molar-refractivity contribution in [2.24, 2.45) is 5.41 Å². The first-order chi connectivity index (χ1) is 8.59. The summed E-state index contributed by atoms with van der Waals surface area (Å²) in [6.07, 6.45) is 8.21. The second-order valence-electron chi connectivity index (χ2n) is 6.29. The van der Waals surface area contributed by atoms with E-state index in [1.54, 1.807) is 0 Å². The Morgan fingerprint density at radius 2 is 1.67 bits per heavy atom. The van der Waals surface area contributed by atoms with Crippen LogP contribution in [0, 0.1) is 5.41 Å². The molecule has 104 valence electrons. The van der Waals surface area contributed by atoms with Crippen LogP contribution in [0.3, 0.4) is 0 Å². The van der Waals surface area contributed by atoms with Gasteiger partial charge in [0.1, 0.15) is 0 Å². The molecule has 1 saturated heterocycles. The van der Waals surface area contributed by atoms with Gasteiger partial charge in [-0.05, 0) is 31.3 Å². The van der Waals surface area contributed by atoms with E-state index in [0.717, 1.165) is 26.2 Å². The van der Waals surface area contributed by atoms with E-state index in [4.69, 9.17) is 7.98 Å². The summed E-state index contributed by atoms with van der Waals surface area (Å²) in [5.74, 6) is 0.